The molecule has 5 heterocycles. The molecule has 0 saturated carbocycles. The van der Waals surface area contributed by atoms with E-state index in [1.54, 1.807) is 13.8 Å². The number of ketones is 1. The van der Waals surface area contributed by atoms with Crippen LogP contribution in [0.3, 0.4) is 0 Å². The summed E-state index contributed by atoms with van der Waals surface area (Å²) < 4.78 is 40.1. The van der Waals surface area contributed by atoms with Gasteiger partial charge in [-0.05, 0) is 95.6 Å². The molecule has 18 atom stereocenters. The second-order valence-corrected chi connectivity index (χ2v) is 18.7. The minimum Gasteiger partial charge on any atom is -0.550 e. The smallest absolute Gasteiger partial charge is 0.550 e. The van der Waals surface area contributed by atoms with Gasteiger partial charge in [0, 0.05) is 48.4 Å². The summed E-state index contributed by atoms with van der Waals surface area (Å²) in [5, 5.41) is 34.8. The van der Waals surface area contributed by atoms with Crippen LogP contribution in [0.1, 0.15) is 147 Å². The zero-order chi connectivity index (χ0) is 42.2. The van der Waals surface area contributed by atoms with Gasteiger partial charge < -0.3 is 48.5 Å². The Balaban J connectivity index is 0.00000744. The minimum absolute atomic E-state index is 0. The third kappa shape index (κ3) is 9.66. The molecular formula is C45H73NaO12. The monoisotopic (exact) mass is 828 g/mol. The van der Waals surface area contributed by atoms with Gasteiger partial charge in [-0.1, -0.05) is 62.3 Å². The van der Waals surface area contributed by atoms with Gasteiger partial charge in [-0.15, -0.1) is 0 Å². The summed E-state index contributed by atoms with van der Waals surface area (Å²) in [4.78, 5) is 39.2. The van der Waals surface area contributed by atoms with Crippen LogP contribution in [0, 0.1) is 41.4 Å². The largest absolute Gasteiger partial charge is 1.00 e. The molecule has 12 nitrogen and oxygen atoms in total. The second kappa shape index (κ2) is 19.6. The second-order valence-electron chi connectivity index (χ2n) is 18.7. The number of Topliss-reactive ketones (excluding diaryl/α,β-unsaturated/α-hetero) is 1. The Morgan fingerprint density at radius 3 is 2.16 bits per heavy atom. The quantitative estimate of drug-likeness (QED) is 0.150. The van der Waals surface area contributed by atoms with Crippen molar-refractivity contribution in [2.45, 2.75) is 212 Å². The van der Waals surface area contributed by atoms with Crippen LogP contribution in [-0.2, 0) is 42.8 Å². The van der Waals surface area contributed by atoms with Crippen molar-refractivity contribution >= 4 is 17.7 Å². The maximum atomic E-state index is 14.6. The van der Waals surface area contributed by atoms with E-state index < -0.39 is 82.9 Å². The van der Waals surface area contributed by atoms with E-state index in [0.29, 0.717) is 57.8 Å². The summed E-state index contributed by atoms with van der Waals surface area (Å²) in [6, 6.07) is 0. The molecular weight excluding hydrogens is 755 g/mol. The number of carbonyl (C=O) groups is 3. The summed E-state index contributed by atoms with van der Waals surface area (Å²) in [5.41, 5.74) is -1.71. The van der Waals surface area contributed by atoms with Gasteiger partial charge in [0.1, 0.15) is 5.78 Å². The first-order valence-corrected chi connectivity index (χ1v) is 22.2. The molecule has 2 N–H and O–H groups in total. The Labute approximate surface area is 369 Å². The van der Waals surface area contributed by atoms with E-state index >= 15 is 0 Å². The average molecular weight is 829 g/mol. The molecule has 0 aromatic heterocycles. The number of carbonyl (C=O) groups excluding carboxylic acids is 3. The van der Waals surface area contributed by atoms with Gasteiger partial charge in [-0.2, -0.15) is 0 Å². The first-order chi connectivity index (χ1) is 26.7. The molecule has 0 aliphatic carbocycles. The van der Waals surface area contributed by atoms with Crippen LogP contribution in [0.2, 0.25) is 0 Å². The molecule has 5 aliphatic heterocycles. The Morgan fingerprint density at radius 1 is 0.897 bits per heavy atom. The van der Waals surface area contributed by atoms with Gasteiger partial charge in [0.2, 0.25) is 5.79 Å². The van der Waals surface area contributed by atoms with E-state index in [2.05, 4.69) is 13.8 Å². The van der Waals surface area contributed by atoms with Gasteiger partial charge >= 0.3 is 35.5 Å². The van der Waals surface area contributed by atoms with Crippen molar-refractivity contribution in [3.63, 3.8) is 0 Å². The number of ether oxygens (including phenoxy) is 6. The number of aliphatic hydroxyl groups excluding tert-OH is 1. The molecule has 0 amide bonds. The fourth-order valence-electron chi connectivity index (χ4n) is 10.8. The van der Waals surface area contributed by atoms with E-state index in [-0.39, 0.29) is 77.7 Å². The molecule has 5 aliphatic rings. The van der Waals surface area contributed by atoms with Crippen molar-refractivity contribution < 1.29 is 87.7 Å². The van der Waals surface area contributed by atoms with Crippen LogP contribution < -0.4 is 34.7 Å². The van der Waals surface area contributed by atoms with Gasteiger partial charge in [0.25, 0.3) is 0 Å². The van der Waals surface area contributed by atoms with Crippen LogP contribution in [0.4, 0.5) is 0 Å². The minimum atomic E-state index is -1.38. The molecule has 0 bridgehead atoms. The van der Waals surface area contributed by atoms with E-state index in [9.17, 15) is 29.7 Å². The van der Waals surface area contributed by atoms with Crippen molar-refractivity contribution in [2.24, 2.45) is 41.4 Å². The van der Waals surface area contributed by atoms with Crippen molar-refractivity contribution in [3.05, 3.63) is 12.2 Å². The number of aliphatic carboxylic acids is 1. The van der Waals surface area contributed by atoms with Crippen LogP contribution in [0.15, 0.2) is 12.2 Å². The third-order valence-corrected chi connectivity index (χ3v) is 15.0. The zero-order valence-corrected chi connectivity index (χ0v) is 39.5. The van der Waals surface area contributed by atoms with E-state index in [1.165, 1.54) is 0 Å². The molecule has 326 valence electrons. The Kier molecular flexibility index (Phi) is 16.8. The predicted molar refractivity (Wildman–Crippen MR) is 210 cm³/mol. The number of hydrogen-bond donors (Lipinski definition) is 2. The fraction of sp³-hybridized carbons (Fsp3) is 0.889. The van der Waals surface area contributed by atoms with Crippen LogP contribution in [0.5, 0.6) is 0 Å². The number of esters is 1. The number of carboxylic acids is 1. The molecule has 2 spiro atoms. The standard InChI is InChI=1S/C45H74O12.Na/c1-12-31(41(49)50)33-17-16-25(5)39(53-33)29(9)37(47)28(8)38(48)32(13-2)40-26(6)24-27(7)44(55-40)21-19-35(54-36(46)14-3)45(57-44)23-22-42(11,56-45)34-18-20-43(51,15-4)30(10)52-34;/h19,21,25-35,37,39-40,47,51H,12-18,20,22-24H2,1-11H3,(H,49,50);/q;+1/p-1/t25-,26-,27+,28-,29-,30-,31+,32-,33+,34+,35+,37+,39+,40-,42-,43+,44-,45-;/m0./s1. The van der Waals surface area contributed by atoms with Crippen molar-refractivity contribution in [1.29, 1.82) is 0 Å². The van der Waals surface area contributed by atoms with Crippen LogP contribution >= 0.6 is 0 Å². The van der Waals surface area contributed by atoms with Crippen LogP contribution in [-0.4, -0.2) is 93.4 Å². The zero-order valence-electron chi connectivity index (χ0n) is 37.5. The molecule has 13 heteroatoms. The normalized spacial score (nSPS) is 42.9. The molecule has 0 radical (unpaired) electrons. The summed E-state index contributed by atoms with van der Waals surface area (Å²) in [5.74, 6) is -6.85. The van der Waals surface area contributed by atoms with Crippen molar-refractivity contribution in [1.82, 2.24) is 0 Å². The third-order valence-electron chi connectivity index (χ3n) is 15.0. The van der Waals surface area contributed by atoms with Gasteiger partial charge in [0.15, 0.2) is 11.9 Å². The molecule has 58 heavy (non-hydrogen) atoms. The predicted octanol–water partition coefficient (Wildman–Crippen LogP) is 2.82. The Hall–Kier alpha value is -0.930. The van der Waals surface area contributed by atoms with E-state index in [0.717, 1.165) is 6.42 Å². The summed E-state index contributed by atoms with van der Waals surface area (Å²) in [7, 11) is 0. The van der Waals surface area contributed by atoms with E-state index in [1.807, 2.05) is 60.6 Å². The molecule has 0 unspecified atom stereocenters. The molecule has 4 fully saturated rings. The summed E-state index contributed by atoms with van der Waals surface area (Å²) in [6.07, 6.45) is 5.44. The number of aliphatic hydroxyl groups is 2. The van der Waals surface area contributed by atoms with E-state index in [4.69, 9.17) is 28.4 Å². The Bertz CT molecular complexity index is 1460. The van der Waals surface area contributed by atoms with Gasteiger partial charge in [0.05, 0.1) is 47.8 Å². The average Bonchev–Trinajstić information content (AvgIpc) is 3.52. The van der Waals surface area contributed by atoms with Crippen molar-refractivity contribution in [3.8, 4) is 0 Å². The SMILES string of the molecule is CCC(=O)O[C@@H]1C=C[C@]2(O[C@H]([C@@H](CC)C(=O)[C@@H](C)[C@@H](O)[C@H](C)[C@@H]3O[C@@H]([C@@H](CC)C(=O)[O-])CC[C@@H]3C)[C@@H](C)C[C@H]2C)O[C@@]12CC[C@@](C)([C@H]1CC[C@](O)(CC)[C@H](C)O1)O2.[Na+]. The maximum absolute atomic E-state index is 14.6. The summed E-state index contributed by atoms with van der Waals surface area (Å²) >= 11 is 0. The first-order valence-electron chi connectivity index (χ1n) is 22.2. The number of hydrogen-bond acceptors (Lipinski definition) is 12. The maximum Gasteiger partial charge on any atom is 1.00 e. The molecule has 0 aromatic rings. The van der Waals surface area contributed by atoms with Crippen LogP contribution in [0.25, 0.3) is 0 Å². The number of rotatable bonds is 14. The molecule has 4 saturated heterocycles. The molecule has 5 rings (SSSR count). The number of carboxylic acid groups (broad SMARTS) is 1. The topological polar surface area (TPSA) is 170 Å². The molecule has 0 aromatic carbocycles. The van der Waals surface area contributed by atoms with Gasteiger partial charge in [-0.3, -0.25) is 9.59 Å². The fourth-order valence-corrected chi connectivity index (χ4v) is 10.8. The van der Waals surface area contributed by atoms with Crippen molar-refractivity contribution in [2.75, 3.05) is 0 Å². The summed E-state index contributed by atoms with van der Waals surface area (Å²) in [6.45, 7) is 21.2. The van der Waals surface area contributed by atoms with Gasteiger partial charge in [-0.25, -0.2) is 0 Å². The first kappa shape index (κ1) is 49.7. The Morgan fingerprint density at radius 2 is 1.57 bits per heavy atom.